The summed E-state index contributed by atoms with van der Waals surface area (Å²) in [5, 5.41) is 3.33. The van der Waals surface area contributed by atoms with E-state index < -0.39 is 0 Å². The van der Waals surface area contributed by atoms with Gasteiger partial charge in [-0.15, -0.1) is 0 Å². The van der Waals surface area contributed by atoms with Crippen LogP contribution in [0.3, 0.4) is 0 Å². The molecule has 1 aliphatic carbocycles. The van der Waals surface area contributed by atoms with Crippen LogP contribution in [0, 0.1) is 5.92 Å². The van der Waals surface area contributed by atoms with Crippen LogP contribution in [0.5, 0.6) is 0 Å². The van der Waals surface area contributed by atoms with E-state index in [2.05, 4.69) is 17.5 Å². The van der Waals surface area contributed by atoms with Gasteiger partial charge in [0, 0.05) is 12.1 Å². The van der Waals surface area contributed by atoms with Gasteiger partial charge in [-0.05, 0) is 25.3 Å². The van der Waals surface area contributed by atoms with Crippen LogP contribution in [0.1, 0.15) is 12.8 Å². The summed E-state index contributed by atoms with van der Waals surface area (Å²) >= 11 is 0. The molecule has 1 unspecified atom stereocenters. The highest BCUT2D eigenvalue weighted by Crippen LogP contribution is 2.31. The molecule has 0 aromatic heterocycles. The van der Waals surface area contributed by atoms with Gasteiger partial charge in [0.15, 0.2) is 0 Å². The fraction of sp³-hybridized carbons (Fsp3) is 0.750. The summed E-state index contributed by atoms with van der Waals surface area (Å²) in [4.78, 5) is 0. The molecule has 0 amide bonds. The van der Waals surface area contributed by atoms with E-state index in [-0.39, 0.29) is 5.54 Å². The minimum absolute atomic E-state index is 0.0677. The number of hydrogen-bond donors (Lipinski definition) is 2. The minimum Gasteiger partial charge on any atom is -0.323 e. The standard InChI is InChI=1S/C8H14N2/c9-8-4-1-2-7(8)3-5-10-6-8/h1-2,7,10H,3-6,9H2/t7?,8-/m1/s1. The Morgan fingerprint density at radius 3 is 3.30 bits per heavy atom. The van der Waals surface area contributed by atoms with Gasteiger partial charge in [0.05, 0.1) is 0 Å². The molecule has 0 saturated carbocycles. The molecule has 0 aromatic carbocycles. The first-order chi connectivity index (χ1) is 4.81. The molecule has 3 N–H and O–H groups in total. The topological polar surface area (TPSA) is 38.0 Å². The Balaban J connectivity index is 2.15. The smallest absolute Gasteiger partial charge is 0.0379 e. The Labute approximate surface area is 61.5 Å². The van der Waals surface area contributed by atoms with E-state index in [0.29, 0.717) is 5.92 Å². The molecule has 0 bridgehead atoms. The molecule has 0 spiro atoms. The lowest BCUT2D eigenvalue weighted by molar-refractivity contribution is 0.267. The van der Waals surface area contributed by atoms with Crippen LogP contribution in [0.15, 0.2) is 12.2 Å². The van der Waals surface area contributed by atoms with Crippen molar-refractivity contribution in [3.63, 3.8) is 0 Å². The van der Waals surface area contributed by atoms with E-state index in [9.17, 15) is 0 Å². The van der Waals surface area contributed by atoms with Crippen molar-refractivity contribution in [2.45, 2.75) is 18.4 Å². The zero-order chi connectivity index (χ0) is 7.03. The maximum atomic E-state index is 6.14. The SMILES string of the molecule is N[C@@]12CC=CC1CCNC2. The summed E-state index contributed by atoms with van der Waals surface area (Å²) in [6.45, 7) is 2.12. The number of rotatable bonds is 0. The van der Waals surface area contributed by atoms with Crippen molar-refractivity contribution in [2.24, 2.45) is 11.7 Å². The normalized spacial score (nSPS) is 45.5. The quantitative estimate of drug-likeness (QED) is 0.471. The van der Waals surface area contributed by atoms with Crippen molar-refractivity contribution < 1.29 is 0 Å². The van der Waals surface area contributed by atoms with Crippen LogP contribution in [-0.4, -0.2) is 18.6 Å². The second-order valence-electron chi connectivity index (χ2n) is 3.44. The van der Waals surface area contributed by atoms with Crippen LogP contribution in [0.2, 0.25) is 0 Å². The lowest BCUT2D eigenvalue weighted by Crippen LogP contribution is -2.56. The van der Waals surface area contributed by atoms with Gasteiger partial charge in [0.2, 0.25) is 0 Å². The average molecular weight is 138 g/mol. The maximum Gasteiger partial charge on any atom is 0.0379 e. The van der Waals surface area contributed by atoms with Crippen molar-refractivity contribution in [3.05, 3.63) is 12.2 Å². The highest BCUT2D eigenvalue weighted by Gasteiger charge is 2.37. The molecule has 56 valence electrons. The van der Waals surface area contributed by atoms with Crippen LogP contribution in [0.4, 0.5) is 0 Å². The molecule has 1 heterocycles. The summed E-state index contributed by atoms with van der Waals surface area (Å²) in [7, 11) is 0. The Morgan fingerprint density at radius 1 is 1.60 bits per heavy atom. The number of hydrogen-bond acceptors (Lipinski definition) is 2. The van der Waals surface area contributed by atoms with Crippen LogP contribution in [-0.2, 0) is 0 Å². The molecule has 0 aromatic rings. The first-order valence-corrected chi connectivity index (χ1v) is 3.97. The Kier molecular flexibility index (Phi) is 1.32. The van der Waals surface area contributed by atoms with Crippen molar-refractivity contribution in [2.75, 3.05) is 13.1 Å². The van der Waals surface area contributed by atoms with Crippen LogP contribution >= 0.6 is 0 Å². The van der Waals surface area contributed by atoms with Gasteiger partial charge in [-0.25, -0.2) is 0 Å². The van der Waals surface area contributed by atoms with Gasteiger partial charge in [-0.1, -0.05) is 12.2 Å². The van der Waals surface area contributed by atoms with E-state index in [1.54, 1.807) is 0 Å². The largest absolute Gasteiger partial charge is 0.323 e. The molecule has 1 aliphatic heterocycles. The third kappa shape index (κ3) is 0.796. The lowest BCUT2D eigenvalue weighted by Gasteiger charge is -2.36. The average Bonchev–Trinajstić information content (AvgIpc) is 2.29. The molecule has 0 radical (unpaired) electrons. The summed E-state index contributed by atoms with van der Waals surface area (Å²) in [5.74, 6) is 0.647. The lowest BCUT2D eigenvalue weighted by atomic mass is 9.82. The minimum atomic E-state index is 0.0677. The number of fused-ring (bicyclic) bond motifs is 1. The van der Waals surface area contributed by atoms with Gasteiger partial charge in [-0.2, -0.15) is 0 Å². The zero-order valence-corrected chi connectivity index (χ0v) is 6.14. The fourth-order valence-electron chi connectivity index (χ4n) is 1.96. The molecule has 2 heteroatoms. The monoisotopic (exact) mass is 138 g/mol. The second kappa shape index (κ2) is 2.07. The predicted octanol–water partition coefficient (Wildman–Crippen LogP) is 0.253. The van der Waals surface area contributed by atoms with Crippen molar-refractivity contribution >= 4 is 0 Å². The number of piperidine rings is 1. The van der Waals surface area contributed by atoms with E-state index in [1.807, 2.05) is 0 Å². The first kappa shape index (κ1) is 6.38. The van der Waals surface area contributed by atoms with E-state index in [1.165, 1.54) is 6.42 Å². The fourth-order valence-corrected chi connectivity index (χ4v) is 1.96. The molecule has 2 atom stereocenters. The summed E-state index contributed by atoms with van der Waals surface area (Å²) in [6, 6.07) is 0. The van der Waals surface area contributed by atoms with Gasteiger partial charge in [0.1, 0.15) is 0 Å². The van der Waals surface area contributed by atoms with E-state index >= 15 is 0 Å². The zero-order valence-electron chi connectivity index (χ0n) is 6.14. The van der Waals surface area contributed by atoms with Gasteiger partial charge in [-0.3, -0.25) is 0 Å². The highest BCUT2D eigenvalue weighted by atomic mass is 15.0. The molecular formula is C8H14N2. The molecule has 1 fully saturated rings. The number of nitrogens with two attached hydrogens (primary N) is 1. The van der Waals surface area contributed by atoms with E-state index in [4.69, 9.17) is 5.73 Å². The van der Waals surface area contributed by atoms with Gasteiger partial charge in [0.25, 0.3) is 0 Å². The molecule has 1 saturated heterocycles. The summed E-state index contributed by atoms with van der Waals surface area (Å²) < 4.78 is 0. The summed E-state index contributed by atoms with van der Waals surface area (Å²) in [5.41, 5.74) is 6.21. The Morgan fingerprint density at radius 2 is 2.50 bits per heavy atom. The summed E-state index contributed by atoms with van der Waals surface area (Å²) in [6.07, 6.45) is 6.77. The third-order valence-corrected chi connectivity index (χ3v) is 2.69. The van der Waals surface area contributed by atoms with Gasteiger partial charge >= 0.3 is 0 Å². The maximum absolute atomic E-state index is 6.14. The first-order valence-electron chi connectivity index (χ1n) is 3.97. The van der Waals surface area contributed by atoms with Crippen LogP contribution < -0.4 is 11.1 Å². The van der Waals surface area contributed by atoms with E-state index in [0.717, 1.165) is 19.5 Å². The van der Waals surface area contributed by atoms with Gasteiger partial charge < -0.3 is 11.1 Å². The molecule has 10 heavy (non-hydrogen) atoms. The van der Waals surface area contributed by atoms with Crippen LogP contribution in [0.25, 0.3) is 0 Å². The highest BCUT2D eigenvalue weighted by molar-refractivity contribution is 5.15. The number of nitrogens with one attached hydrogen (secondary N) is 1. The molecule has 2 aliphatic rings. The second-order valence-corrected chi connectivity index (χ2v) is 3.44. The predicted molar refractivity (Wildman–Crippen MR) is 41.7 cm³/mol. The Hall–Kier alpha value is -0.340. The van der Waals surface area contributed by atoms with Crippen molar-refractivity contribution in [1.29, 1.82) is 0 Å². The molecule has 2 nitrogen and oxygen atoms in total. The molecule has 2 rings (SSSR count). The van der Waals surface area contributed by atoms with Crippen molar-refractivity contribution in [3.8, 4) is 0 Å². The third-order valence-electron chi connectivity index (χ3n) is 2.69. The van der Waals surface area contributed by atoms with Crippen molar-refractivity contribution in [1.82, 2.24) is 5.32 Å². The molecular weight excluding hydrogens is 124 g/mol. The Bertz CT molecular complexity index is 165.